The third-order valence-corrected chi connectivity index (χ3v) is 8.39. The molecule has 0 spiro atoms. The number of carbonyl (C=O) groups excluding carboxylic acids is 5. The summed E-state index contributed by atoms with van der Waals surface area (Å²) in [7, 11) is 0. The summed E-state index contributed by atoms with van der Waals surface area (Å²) >= 11 is 12.9. The first-order valence-corrected chi connectivity index (χ1v) is 13.4. The number of Topliss-reactive ketones (excluding diaryl/α,β-unsaturated/α-hetero) is 1. The fourth-order valence-corrected chi connectivity index (χ4v) is 5.92. The van der Waals surface area contributed by atoms with Gasteiger partial charge in [0.05, 0.1) is 6.04 Å². The number of hydrogen-bond acceptors (Lipinski definition) is 6. The van der Waals surface area contributed by atoms with Gasteiger partial charge in [-0.05, 0) is 38.5 Å². The van der Waals surface area contributed by atoms with Gasteiger partial charge in [0.2, 0.25) is 17.6 Å². The second kappa shape index (κ2) is 10.2. The van der Waals surface area contributed by atoms with Crippen LogP contribution in [0, 0.1) is 23.2 Å². The minimum absolute atomic E-state index is 0.105. The van der Waals surface area contributed by atoms with Crippen molar-refractivity contribution in [2.24, 2.45) is 28.9 Å². The van der Waals surface area contributed by atoms with E-state index in [2.05, 4.69) is 10.6 Å². The fourth-order valence-electron chi connectivity index (χ4n) is 5.10. The molecule has 3 aliphatic rings. The van der Waals surface area contributed by atoms with Crippen molar-refractivity contribution in [2.45, 2.75) is 95.3 Å². The second-order valence-corrected chi connectivity index (χ2v) is 14.0. The Morgan fingerprint density at radius 2 is 1.65 bits per heavy atom. The van der Waals surface area contributed by atoms with Crippen LogP contribution in [0.2, 0.25) is 0 Å². The number of alkyl halides is 2. The maximum atomic E-state index is 13.8. The van der Waals surface area contributed by atoms with Gasteiger partial charge >= 0.3 is 6.09 Å². The van der Waals surface area contributed by atoms with Crippen molar-refractivity contribution in [2.75, 3.05) is 6.54 Å². The molecule has 208 valence electrons. The molecule has 0 aromatic heterocycles. The third kappa shape index (κ3) is 6.50. The Morgan fingerprint density at radius 3 is 2.11 bits per heavy atom. The largest absolute Gasteiger partial charge is 0.444 e. The lowest BCUT2D eigenvalue weighted by molar-refractivity contribution is -0.144. The molecular formula is C25H38Cl2N4O6. The molecule has 4 N–H and O–H groups in total. The van der Waals surface area contributed by atoms with Crippen molar-refractivity contribution in [1.29, 1.82) is 0 Å². The van der Waals surface area contributed by atoms with Crippen molar-refractivity contribution in [1.82, 2.24) is 15.5 Å². The van der Waals surface area contributed by atoms with Crippen molar-refractivity contribution < 1.29 is 28.7 Å². The zero-order valence-corrected chi connectivity index (χ0v) is 23.7. The van der Waals surface area contributed by atoms with Gasteiger partial charge in [-0.15, -0.1) is 23.2 Å². The molecule has 0 radical (unpaired) electrons. The molecule has 12 heteroatoms. The monoisotopic (exact) mass is 560 g/mol. The molecule has 1 aliphatic heterocycles. The van der Waals surface area contributed by atoms with Crippen molar-refractivity contribution in [3.05, 3.63) is 0 Å². The lowest BCUT2D eigenvalue weighted by atomic mass is 9.80. The quantitative estimate of drug-likeness (QED) is 0.306. The smallest absolute Gasteiger partial charge is 0.408 e. The number of nitrogens with one attached hydrogen (secondary N) is 2. The normalized spacial score (nSPS) is 26.3. The first-order chi connectivity index (χ1) is 16.8. The van der Waals surface area contributed by atoms with Crippen molar-refractivity contribution >= 4 is 52.8 Å². The average Bonchev–Trinajstić information content (AvgIpc) is 3.06. The topological polar surface area (TPSA) is 148 Å². The van der Waals surface area contributed by atoms with E-state index in [1.54, 1.807) is 41.5 Å². The highest BCUT2D eigenvalue weighted by Crippen LogP contribution is 2.65. The molecule has 0 bridgehead atoms. The van der Waals surface area contributed by atoms with Crippen LogP contribution in [0.4, 0.5) is 4.79 Å². The second-order valence-electron chi connectivity index (χ2n) is 12.5. The van der Waals surface area contributed by atoms with Crippen molar-refractivity contribution in [3.8, 4) is 0 Å². The van der Waals surface area contributed by atoms with Gasteiger partial charge in [-0.1, -0.05) is 40.0 Å². The number of rotatable bonds is 8. The number of fused-ring (bicyclic) bond motifs is 1. The molecule has 4 unspecified atom stereocenters. The van der Waals surface area contributed by atoms with Crippen molar-refractivity contribution in [3.63, 3.8) is 0 Å². The van der Waals surface area contributed by atoms with Crippen LogP contribution in [0.15, 0.2) is 0 Å². The highest BCUT2D eigenvalue weighted by Gasteiger charge is 2.74. The number of halogens is 2. The van der Waals surface area contributed by atoms with Gasteiger partial charge in [0.25, 0.3) is 5.91 Å². The zero-order valence-electron chi connectivity index (χ0n) is 22.2. The van der Waals surface area contributed by atoms with Crippen LogP contribution in [0.3, 0.4) is 0 Å². The maximum Gasteiger partial charge on any atom is 0.408 e. The van der Waals surface area contributed by atoms with Gasteiger partial charge in [-0.3, -0.25) is 19.2 Å². The van der Waals surface area contributed by atoms with E-state index in [1.165, 1.54) is 4.90 Å². The number of nitrogens with zero attached hydrogens (tertiary/aromatic N) is 1. The van der Waals surface area contributed by atoms with E-state index in [9.17, 15) is 24.0 Å². The summed E-state index contributed by atoms with van der Waals surface area (Å²) in [5.41, 5.74) is 3.74. The van der Waals surface area contributed by atoms with E-state index >= 15 is 0 Å². The Labute approximate surface area is 227 Å². The molecule has 1 saturated heterocycles. The van der Waals surface area contributed by atoms with Gasteiger partial charge < -0.3 is 26.0 Å². The standard InChI is InChI=1S/C25H38Cl2N4O6/c1-23(2,3)18(30-22(36)37-24(4,5)6)21(35)31-11-13-15(25(13,26)27)16(31)20(34)29-14(17(32)19(28)33)10-12-8-7-9-12/h12-16,18H,7-11H2,1-6H3,(H2,28,33)(H,29,34)(H,30,36)/t13?,14?,15?,16-,18?/m0/s1. The molecule has 0 aromatic rings. The van der Waals surface area contributed by atoms with E-state index < -0.39 is 69.0 Å². The van der Waals surface area contributed by atoms with Crippen LogP contribution in [-0.2, 0) is 23.9 Å². The molecule has 2 aliphatic carbocycles. The molecule has 3 rings (SSSR count). The van der Waals surface area contributed by atoms with Crippen LogP contribution >= 0.6 is 23.2 Å². The summed E-state index contributed by atoms with van der Waals surface area (Å²) in [4.78, 5) is 65.4. The Morgan fingerprint density at radius 1 is 1.05 bits per heavy atom. The molecule has 10 nitrogen and oxygen atoms in total. The molecular weight excluding hydrogens is 523 g/mol. The number of likely N-dealkylation sites (tertiary alicyclic amines) is 1. The average molecular weight is 562 g/mol. The first-order valence-electron chi connectivity index (χ1n) is 12.7. The highest BCUT2D eigenvalue weighted by atomic mass is 35.5. The minimum Gasteiger partial charge on any atom is -0.444 e. The number of amides is 4. The van der Waals surface area contributed by atoms with Crippen LogP contribution < -0.4 is 16.4 Å². The molecule has 4 amide bonds. The summed E-state index contributed by atoms with van der Waals surface area (Å²) in [6.07, 6.45) is 2.34. The Hall–Kier alpha value is -2.07. The zero-order chi connectivity index (χ0) is 28.1. The summed E-state index contributed by atoms with van der Waals surface area (Å²) in [5.74, 6) is -3.85. The Balaban J connectivity index is 1.83. The van der Waals surface area contributed by atoms with Gasteiger partial charge in [-0.2, -0.15) is 0 Å². The van der Waals surface area contributed by atoms with Gasteiger partial charge in [-0.25, -0.2) is 4.79 Å². The molecule has 3 fully saturated rings. The van der Waals surface area contributed by atoms with Crippen LogP contribution in [0.5, 0.6) is 0 Å². The van der Waals surface area contributed by atoms with E-state index in [-0.39, 0.29) is 18.4 Å². The third-order valence-electron chi connectivity index (χ3n) is 7.33. The lowest BCUT2D eigenvalue weighted by Crippen LogP contribution is -2.61. The predicted molar refractivity (Wildman–Crippen MR) is 138 cm³/mol. The number of carbonyl (C=O) groups is 5. The van der Waals surface area contributed by atoms with Crippen LogP contribution in [-0.4, -0.2) is 69.1 Å². The molecule has 0 aromatic carbocycles. The van der Waals surface area contributed by atoms with Gasteiger partial charge in [0, 0.05) is 18.4 Å². The molecule has 1 heterocycles. The maximum absolute atomic E-state index is 13.8. The number of ketones is 1. The van der Waals surface area contributed by atoms with E-state index in [4.69, 9.17) is 33.7 Å². The lowest BCUT2D eigenvalue weighted by Gasteiger charge is -2.37. The minimum atomic E-state index is -1.20. The predicted octanol–water partition coefficient (Wildman–Crippen LogP) is 2.29. The number of primary amides is 1. The molecule has 2 saturated carbocycles. The van der Waals surface area contributed by atoms with E-state index in [0.29, 0.717) is 6.42 Å². The van der Waals surface area contributed by atoms with Crippen LogP contribution in [0.1, 0.15) is 67.2 Å². The fraction of sp³-hybridized carbons (Fsp3) is 0.800. The number of alkyl carbamates (subject to hydrolysis) is 1. The van der Waals surface area contributed by atoms with E-state index in [0.717, 1.165) is 19.3 Å². The summed E-state index contributed by atoms with van der Waals surface area (Å²) in [6.45, 7) is 10.6. The molecule has 37 heavy (non-hydrogen) atoms. The number of nitrogens with two attached hydrogens (primary N) is 1. The summed E-state index contributed by atoms with van der Waals surface area (Å²) in [6, 6.07) is -3.20. The Bertz CT molecular complexity index is 969. The van der Waals surface area contributed by atoms with Crippen LogP contribution in [0.25, 0.3) is 0 Å². The highest BCUT2D eigenvalue weighted by molar-refractivity contribution is 6.51. The summed E-state index contributed by atoms with van der Waals surface area (Å²) < 4.78 is 4.14. The molecule has 5 atom stereocenters. The van der Waals surface area contributed by atoms with Gasteiger partial charge in [0.1, 0.15) is 22.0 Å². The first kappa shape index (κ1) is 29.5. The van der Waals surface area contributed by atoms with E-state index in [1.807, 2.05) is 0 Å². The van der Waals surface area contributed by atoms with Gasteiger partial charge in [0.15, 0.2) is 0 Å². The summed E-state index contributed by atoms with van der Waals surface area (Å²) in [5, 5.41) is 5.31. The SMILES string of the molecule is CC(C)(C)OC(=O)NC(C(=O)N1CC2C([C@H]1C(=O)NC(CC1CCC1)C(=O)C(N)=O)C2(Cl)Cl)C(C)(C)C. The number of ether oxygens (including phenoxy) is 1. The Kier molecular flexibility index (Phi) is 8.16. The number of piperidine rings is 1. The number of hydrogen-bond donors (Lipinski definition) is 3.